The molecule has 0 aliphatic heterocycles. The maximum absolute atomic E-state index is 5.49. The van der Waals surface area contributed by atoms with Crippen molar-refractivity contribution in [3.63, 3.8) is 0 Å². The second-order valence-corrected chi connectivity index (χ2v) is 4.26. The van der Waals surface area contributed by atoms with Crippen LogP contribution in [-0.4, -0.2) is 13.2 Å². The van der Waals surface area contributed by atoms with Crippen LogP contribution in [0, 0.1) is 0 Å². The van der Waals surface area contributed by atoms with Crippen molar-refractivity contribution in [2.45, 2.75) is 45.4 Å². The molecule has 0 aliphatic rings. The van der Waals surface area contributed by atoms with E-state index in [4.69, 9.17) is 27.9 Å². The monoisotopic (exact) mass is 238 g/mol. The van der Waals surface area contributed by atoms with Gasteiger partial charge in [0.2, 0.25) is 0 Å². The summed E-state index contributed by atoms with van der Waals surface area (Å²) in [6.07, 6.45) is 9.01. The normalized spacial score (nSPS) is 10.2. The van der Waals surface area contributed by atoms with Gasteiger partial charge in [0.1, 0.15) is 4.49 Å². The quantitative estimate of drug-likeness (QED) is 0.530. The summed E-state index contributed by atoms with van der Waals surface area (Å²) >= 11 is 11.0. The van der Waals surface area contributed by atoms with Gasteiger partial charge in [-0.2, -0.15) is 0 Å². The zero-order valence-electron chi connectivity index (χ0n) is 8.90. The molecule has 0 aliphatic carbocycles. The molecule has 0 heterocycles. The Morgan fingerprint density at radius 1 is 1.07 bits per heavy atom. The number of allylic oxidation sites excluding steroid dienone is 1. The lowest BCUT2D eigenvalue weighted by Gasteiger charge is -2.00. The molecule has 0 bridgehead atoms. The summed E-state index contributed by atoms with van der Waals surface area (Å²) < 4.78 is 5.64. The fraction of sp³-hybridized carbons (Fsp3) is 0.818. The predicted molar refractivity (Wildman–Crippen MR) is 64.0 cm³/mol. The fourth-order valence-corrected chi connectivity index (χ4v) is 1.45. The Kier molecular flexibility index (Phi) is 11.6. The first-order valence-corrected chi connectivity index (χ1v) is 6.12. The van der Waals surface area contributed by atoms with Crippen molar-refractivity contribution in [2.75, 3.05) is 13.2 Å². The van der Waals surface area contributed by atoms with Crippen LogP contribution < -0.4 is 0 Å². The smallest absolute Gasteiger partial charge is 0.102 e. The van der Waals surface area contributed by atoms with Crippen LogP contribution in [0.25, 0.3) is 0 Å². The molecule has 0 fully saturated rings. The number of halogens is 2. The van der Waals surface area contributed by atoms with Crippen LogP contribution in [0.1, 0.15) is 45.4 Å². The first-order valence-electron chi connectivity index (χ1n) is 5.36. The van der Waals surface area contributed by atoms with Gasteiger partial charge in [0, 0.05) is 13.2 Å². The van der Waals surface area contributed by atoms with E-state index in [1.807, 2.05) is 13.0 Å². The van der Waals surface area contributed by atoms with Crippen molar-refractivity contribution >= 4 is 23.2 Å². The molecule has 0 unspecified atom stereocenters. The Bertz CT molecular complexity index is 142. The molecule has 0 aromatic rings. The molecular formula is C11H20Cl2O. The zero-order valence-corrected chi connectivity index (χ0v) is 10.4. The van der Waals surface area contributed by atoms with Crippen molar-refractivity contribution in [3.05, 3.63) is 10.6 Å². The Morgan fingerprint density at radius 2 is 1.71 bits per heavy atom. The van der Waals surface area contributed by atoms with Crippen LogP contribution in [0.5, 0.6) is 0 Å². The largest absolute Gasteiger partial charge is 0.382 e. The second-order valence-electron chi connectivity index (χ2n) is 3.25. The molecule has 0 saturated carbocycles. The summed E-state index contributed by atoms with van der Waals surface area (Å²) in [5.41, 5.74) is 0. The Morgan fingerprint density at radius 3 is 2.36 bits per heavy atom. The maximum atomic E-state index is 5.49. The van der Waals surface area contributed by atoms with Crippen molar-refractivity contribution < 1.29 is 4.74 Å². The summed E-state index contributed by atoms with van der Waals surface area (Å²) in [4.78, 5) is 0. The van der Waals surface area contributed by atoms with E-state index in [0.29, 0.717) is 4.49 Å². The van der Waals surface area contributed by atoms with Gasteiger partial charge >= 0.3 is 0 Å². The molecule has 0 N–H and O–H groups in total. The SMILES string of the molecule is CCOCCCCCCCC=C(Cl)Cl. The van der Waals surface area contributed by atoms with Crippen LogP contribution in [0.3, 0.4) is 0 Å². The first kappa shape index (κ1) is 14.3. The van der Waals surface area contributed by atoms with E-state index in [2.05, 4.69) is 0 Å². The third-order valence-corrected chi connectivity index (χ3v) is 2.30. The summed E-state index contributed by atoms with van der Waals surface area (Å²) in [6.45, 7) is 3.77. The number of rotatable bonds is 9. The topological polar surface area (TPSA) is 9.23 Å². The van der Waals surface area contributed by atoms with E-state index in [0.717, 1.165) is 19.6 Å². The Hall–Kier alpha value is 0.280. The number of unbranched alkanes of at least 4 members (excludes halogenated alkanes) is 5. The van der Waals surface area contributed by atoms with E-state index in [1.54, 1.807) is 0 Å². The molecule has 0 rings (SSSR count). The molecule has 0 radical (unpaired) electrons. The van der Waals surface area contributed by atoms with E-state index < -0.39 is 0 Å². The molecule has 0 aromatic carbocycles. The van der Waals surface area contributed by atoms with Gasteiger partial charge in [0.25, 0.3) is 0 Å². The van der Waals surface area contributed by atoms with Gasteiger partial charge in [0.15, 0.2) is 0 Å². The summed E-state index contributed by atoms with van der Waals surface area (Å²) in [5.74, 6) is 0. The van der Waals surface area contributed by atoms with Crippen LogP contribution >= 0.6 is 23.2 Å². The Labute approximate surface area is 97.4 Å². The van der Waals surface area contributed by atoms with Gasteiger partial charge < -0.3 is 4.74 Å². The molecule has 0 spiro atoms. The molecular weight excluding hydrogens is 219 g/mol. The summed E-state index contributed by atoms with van der Waals surface area (Å²) in [7, 11) is 0. The van der Waals surface area contributed by atoms with Gasteiger partial charge in [-0.25, -0.2) is 0 Å². The van der Waals surface area contributed by atoms with E-state index in [1.165, 1.54) is 32.1 Å². The molecule has 0 aromatic heterocycles. The molecule has 0 amide bonds. The first-order chi connectivity index (χ1) is 6.77. The Balaban J connectivity index is 2.96. The van der Waals surface area contributed by atoms with Crippen LogP contribution in [0.2, 0.25) is 0 Å². The molecule has 84 valence electrons. The van der Waals surface area contributed by atoms with Gasteiger partial charge in [-0.3, -0.25) is 0 Å². The summed E-state index contributed by atoms with van der Waals surface area (Å²) in [5, 5.41) is 0. The van der Waals surface area contributed by atoms with Gasteiger partial charge in [0.05, 0.1) is 0 Å². The molecule has 3 heteroatoms. The lowest BCUT2D eigenvalue weighted by molar-refractivity contribution is 0.143. The third kappa shape index (κ3) is 12.3. The highest BCUT2D eigenvalue weighted by molar-refractivity contribution is 6.55. The fourth-order valence-electron chi connectivity index (χ4n) is 1.23. The number of hydrogen-bond acceptors (Lipinski definition) is 1. The second kappa shape index (κ2) is 11.4. The van der Waals surface area contributed by atoms with Gasteiger partial charge in [-0.05, 0) is 26.2 Å². The molecule has 0 atom stereocenters. The minimum absolute atomic E-state index is 0.390. The van der Waals surface area contributed by atoms with Gasteiger partial charge in [-0.1, -0.05) is 48.5 Å². The third-order valence-electron chi connectivity index (χ3n) is 2.00. The number of ether oxygens (including phenoxy) is 1. The van der Waals surface area contributed by atoms with E-state index in [9.17, 15) is 0 Å². The van der Waals surface area contributed by atoms with Crippen molar-refractivity contribution in [1.29, 1.82) is 0 Å². The van der Waals surface area contributed by atoms with Crippen molar-refractivity contribution in [2.24, 2.45) is 0 Å². The highest BCUT2D eigenvalue weighted by Gasteiger charge is 1.90. The lowest BCUT2D eigenvalue weighted by Crippen LogP contribution is -1.92. The highest BCUT2D eigenvalue weighted by Crippen LogP contribution is 2.11. The number of hydrogen-bond donors (Lipinski definition) is 0. The van der Waals surface area contributed by atoms with E-state index >= 15 is 0 Å². The highest BCUT2D eigenvalue weighted by atomic mass is 35.5. The van der Waals surface area contributed by atoms with Crippen LogP contribution in [0.15, 0.2) is 10.6 Å². The standard InChI is InChI=1S/C11H20Cl2O/c1-2-14-10-8-6-4-3-5-7-9-11(12)13/h9H,2-8,10H2,1H3. The minimum atomic E-state index is 0.390. The molecule has 1 nitrogen and oxygen atoms in total. The lowest BCUT2D eigenvalue weighted by atomic mass is 10.1. The minimum Gasteiger partial charge on any atom is -0.382 e. The maximum Gasteiger partial charge on any atom is 0.102 e. The molecule has 14 heavy (non-hydrogen) atoms. The van der Waals surface area contributed by atoms with E-state index in [-0.39, 0.29) is 0 Å². The molecule has 0 saturated heterocycles. The zero-order chi connectivity index (χ0) is 10.6. The van der Waals surface area contributed by atoms with Crippen LogP contribution in [0.4, 0.5) is 0 Å². The van der Waals surface area contributed by atoms with Crippen molar-refractivity contribution in [3.8, 4) is 0 Å². The van der Waals surface area contributed by atoms with Crippen LogP contribution in [-0.2, 0) is 4.74 Å². The predicted octanol–water partition coefficient (Wildman–Crippen LogP) is 4.68. The average Bonchev–Trinajstić information content (AvgIpc) is 2.15. The average molecular weight is 239 g/mol. The summed E-state index contributed by atoms with van der Waals surface area (Å²) in [6, 6.07) is 0. The van der Waals surface area contributed by atoms with Gasteiger partial charge in [-0.15, -0.1) is 0 Å². The van der Waals surface area contributed by atoms with Crippen molar-refractivity contribution in [1.82, 2.24) is 0 Å².